The van der Waals surface area contributed by atoms with Gasteiger partial charge in [-0.3, -0.25) is 9.59 Å². The van der Waals surface area contributed by atoms with Crippen LogP contribution in [0.15, 0.2) is 48.5 Å². The molecule has 0 atom stereocenters. The van der Waals surface area contributed by atoms with E-state index in [0.717, 1.165) is 18.4 Å². The van der Waals surface area contributed by atoms with Gasteiger partial charge in [0.2, 0.25) is 5.91 Å². The number of nitrogens with one attached hydrogen (secondary N) is 1. The minimum atomic E-state index is -0.726. The van der Waals surface area contributed by atoms with E-state index in [-0.39, 0.29) is 17.2 Å². The first-order valence-electron chi connectivity index (χ1n) is 11.7. The van der Waals surface area contributed by atoms with Crippen LogP contribution in [0.5, 0.6) is 5.75 Å². The van der Waals surface area contributed by atoms with E-state index in [1.165, 1.54) is 23.8 Å². The van der Waals surface area contributed by atoms with Crippen molar-refractivity contribution in [2.24, 2.45) is 5.73 Å². The fourth-order valence-electron chi connectivity index (χ4n) is 4.01. The molecule has 1 heterocycles. The third-order valence-corrected chi connectivity index (χ3v) is 5.77. The van der Waals surface area contributed by atoms with Crippen LogP contribution in [0, 0.1) is 0 Å². The standard InChI is InChI=1S/C27H33N3O5/c1-27(2,3)35-26(34)29-17-19-5-4-6-21(15-19)20-11-13-30(14-12-20)24(32)10-8-18-7-9-23(31)22(16-18)25(28)33/h4-10,15-16,20,31H,11-14,17H2,1-3H3,(H2,28,33)(H,29,34). The van der Waals surface area contributed by atoms with E-state index >= 15 is 0 Å². The maximum Gasteiger partial charge on any atom is 0.407 e. The van der Waals surface area contributed by atoms with Crippen LogP contribution in [0.2, 0.25) is 0 Å². The summed E-state index contributed by atoms with van der Waals surface area (Å²) in [5.41, 5.74) is 7.54. The summed E-state index contributed by atoms with van der Waals surface area (Å²) in [4.78, 5) is 37.7. The molecule has 1 saturated heterocycles. The molecule has 8 nitrogen and oxygen atoms in total. The fraction of sp³-hybridized carbons (Fsp3) is 0.370. The van der Waals surface area contributed by atoms with Crippen molar-refractivity contribution in [3.8, 4) is 5.75 Å². The Bertz CT molecular complexity index is 1110. The number of ether oxygens (including phenoxy) is 1. The zero-order chi connectivity index (χ0) is 25.6. The molecule has 0 aromatic heterocycles. The number of rotatable bonds is 6. The van der Waals surface area contributed by atoms with E-state index in [1.807, 2.05) is 32.9 Å². The number of likely N-dealkylation sites (tertiary alicyclic amines) is 1. The molecule has 0 bridgehead atoms. The zero-order valence-electron chi connectivity index (χ0n) is 20.4. The summed E-state index contributed by atoms with van der Waals surface area (Å²) in [5, 5.41) is 12.5. The maximum absolute atomic E-state index is 12.6. The number of amides is 3. The molecule has 0 aliphatic carbocycles. The Kier molecular flexibility index (Phi) is 8.17. The van der Waals surface area contributed by atoms with Gasteiger partial charge < -0.3 is 25.8 Å². The highest BCUT2D eigenvalue weighted by Gasteiger charge is 2.23. The highest BCUT2D eigenvalue weighted by Crippen LogP contribution is 2.29. The van der Waals surface area contributed by atoms with Crippen molar-refractivity contribution >= 4 is 24.0 Å². The molecule has 3 amide bonds. The lowest BCUT2D eigenvalue weighted by Gasteiger charge is -2.31. The van der Waals surface area contributed by atoms with Crippen molar-refractivity contribution in [2.75, 3.05) is 13.1 Å². The molecule has 2 aromatic carbocycles. The van der Waals surface area contributed by atoms with Gasteiger partial charge in [-0.1, -0.05) is 30.3 Å². The Hall–Kier alpha value is -3.81. The largest absolute Gasteiger partial charge is 0.507 e. The van der Waals surface area contributed by atoms with Gasteiger partial charge in [0.25, 0.3) is 5.91 Å². The second kappa shape index (κ2) is 11.1. The number of benzene rings is 2. The zero-order valence-corrected chi connectivity index (χ0v) is 20.4. The molecule has 1 fully saturated rings. The monoisotopic (exact) mass is 479 g/mol. The summed E-state index contributed by atoms with van der Waals surface area (Å²) in [6.07, 6.45) is 4.32. The Balaban J connectivity index is 1.53. The number of phenols is 1. The smallest absolute Gasteiger partial charge is 0.407 e. The summed E-state index contributed by atoms with van der Waals surface area (Å²) >= 11 is 0. The van der Waals surface area contributed by atoms with Crippen LogP contribution in [0.3, 0.4) is 0 Å². The number of alkyl carbamates (subject to hydrolysis) is 1. The van der Waals surface area contributed by atoms with Crippen molar-refractivity contribution in [3.63, 3.8) is 0 Å². The summed E-state index contributed by atoms with van der Waals surface area (Å²) < 4.78 is 5.29. The van der Waals surface area contributed by atoms with E-state index < -0.39 is 17.6 Å². The SMILES string of the molecule is CC(C)(C)OC(=O)NCc1cccc(C2CCN(C(=O)C=Cc3ccc(O)c(C(N)=O)c3)CC2)c1. The second-order valence-corrected chi connectivity index (χ2v) is 9.67. The molecule has 0 radical (unpaired) electrons. The molecule has 35 heavy (non-hydrogen) atoms. The van der Waals surface area contributed by atoms with Gasteiger partial charge in [-0.2, -0.15) is 0 Å². The van der Waals surface area contributed by atoms with Crippen molar-refractivity contribution in [2.45, 2.75) is 51.7 Å². The van der Waals surface area contributed by atoms with Gasteiger partial charge in [0.05, 0.1) is 5.56 Å². The van der Waals surface area contributed by atoms with E-state index in [0.29, 0.717) is 31.1 Å². The van der Waals surface area contributed by atoms with Crippen LogP contribution < -0.4 is 11.1 Å². The summed E-state index contributed by atoms with van der Waals surface area (Å²) in [6.45, 7) is 7.14. The van der Waals surface area contributed by atoms with Gasteiger partial charge in [0.1, 0.15) is 11.4 Å². The first-order chi connectivity index (χ1) is 16.5. The van der Waals surface area contributed by atoms with Crippen LogP contribution in [0.25, 0.3) is 6.08 Å². The summed E-state index contributed by atoms with van der Waals surface area (Å²) in [5.74, 6) is -0.684. The average molecular weight is 480 g/mol. The molecule has 2 aromatic rings. The molecule has 3 rings (SSSR count). The predicted octanol–water partition coefficient (Wildman–Crippen LogP) is 3.94. The van der Waals surface area contributed by atoms with Crippen LogP contribution in [0.1, 0.15) is 66.6 Å². The van der Waals surface area contributed by atoms with E-state index in [1.54, 1.807) is 17.0 Å². The van der Waals surface area contributed by atoms with Gasteiger partial charge in [-0.05, 0) is 74.4 Å². The molecule has 186 valence electrons. The third-order valence-electron chi connectivity index (χ3n) is 5.77. The minimum Gasteiger partial charge on any atom is -0.507 e. The predicted molar refractivity (Wildman–Crippen MR) is 134 cm³/mol. The number of hydrogen-bond acceptors (Lipinski definition) is 5. The Morgan fingerprint density at radius 2 is 1.86 bits per heavy atom. The molecular weight excluding hydrogens is 446 g/mol. The quantitative estimate of drug-likeness (QED) is 0.542. The number of nitrogens with zero attached hydrogens (tertiary/aromatic N) is 1. The van der Waals surface area contributed by atoms with Gasteiger partial charge in [-0.25, -0.2) is 4.79 Å². The summed E-state index contributed by atoms with van der Waals surface area (Å²) in [7, 11) is 0. The number of primary amides is 1. The number of nitrogens with two attached hydrogens (primary N) is 1. The molecule has 4 N–H and O–H groups in total. The molecule has 0 unspecified atom stereocenters. The number of piperidine rings is 1. The molecule has 1 aliphatic heterocycles. The Labute approximate surface area is 205 Å². The average Bonchev–Trinajstić information content (AvgIpc) is 2.81. The molecule has 8 heteroatoms. The molecular formula is C27H33N3O5. The molecule has 0 saturated carbocycles. The van der Waals surface area contributed by atoms with Crippen LogP contribution in [-0.4, -0.2) is 46.6 Å². The topological polar surface area (TPSA) is 122 Å². The summed E-state index contributed by atoms with van der Waals surface area (Å²) in [6, 6.07) is 12.6. The lowest BCUT2D eigenvalue weighted by Crippen LogP contribution is -2.36. The van der Waals surface area contributed by atoms with Gasteiger partial charge in [0.15, 0.2) is 0 Å². The van der Waals surface area contributed by atoms with Crippen LogP contribution >= 0.6 is 0 Å². The lowest BCUT2D eigenvalue weighted by molar-refractivity contribution is -0.126. The maximum atomic E-state index is 12.6. The van der Waals surface area contributed by atoms with Gasteiger partial charge >= 0.3 is 6.09 Å². The molecule has 1 aliphatic rings. The van der Waals surface area contributed by atoms with Crippen LogP contribution in [-0.2, 0) is 16.1 Å². The number of aromatic hydroxyl groups is 1. The highest BCUT2D eigenvalue weighted by molar-refractivity contribution is 5.97. The normalized spacial score (nSPS) is 14.7. The van der Waals surface area contributed by atoms with Gasteiger partial charge in [-0.15, -0.1) is 0 Å². The van der Waals surface area contributed by atoms with E-state index in [4.69, 9.17) is 10.5 Å². The number of carbonyl (C=O) groups excluding carboxylic acids is 3. The Morgan fingerprint density at radius 1 is 1.14 bits per heavy atom. The van der Waals surface area contributed by atoms with E-state index in [2.05, 4.69) is 17.4 Å². The first kappa shape index (κ1) is 25.8. The van der Waals surface area contributed by atoms with Crippen molar-refractivity contribution < 1.29 is 24.2 Å². The molecule has 0 spiro atoms. The van der Waals surface area contributed by atoms with Gasteiger partial charge in [0, 0.05) is 25.7 Å². The van der Waals surface area contributed by atoms with Crippen molar-refractivity contribution in [1.29, 1.82) is 0 Å². The number of hydrogen-bond donors (Lipinski definition) is 3. The van der Waals surface area contributed by atoms with Crippen molar-refractivity contribution in [3.05, 3.63) is 70.8 Å². The number of carbonyl (C=O) groups is 3. The van der Waals surface area contributed by atoms with Crippen LogP contribution in [0.4, 0.5) is 4.79 Å². The second-order valence-electron chi connectivity index (χ2n) is 9.67. The third kappa shape index (κ3) is 7.60. The van der Waals surface area contributed by atoms with Crippen molar-refractivity contribution in [1.82, 2.24) is 10.2 Å². The highest BCUT2D eigenvalue weighted by atomic mass is 16.6. The Morgan fingerprint density at radius 3 is 2.51 bits per heavy atom. The van der Waals surface area contributed by atoms with E-state index in [9.17, 15) is 19.5 Å². The first-order valence-corrected chi connectivity index (χ1v) is 11.7. The lowest BCUT2D eigenvalue weighted by atomic mass is 9.88. The minimum absolute atomic E-state index is 0.0175. The fourth-order valence-corrected chi connectivity index (χ4v) is 4.01.